The molecule has 2 aromatic carbocycles. The first-order valence-electron chi connectivity index (χ1n) is 8.27. The van der Waals surface area contributed by atoms with Gasteiger partial charge in [0.2, 0.25) is 0 Å². The van der Waals surface area contributed by atoms with Crippen molar-refractivity contribution >= 4 is 10.8 Å². The Hall–Kier alpha value is -1.38. The molecule has 1 aliphatic carbocycles. The van der Waals surface area contributed by atoms with Crippen molar-refractivity contribution in [1.29, 1.82) is 0 Å². The maximum atomic E-state index is 6.56. The molecular weight excluding hydrogens is 256 g/mol. The molecule has 0 saturated heterocycles. The van der Waals surface area contributed by atoms with Crippen molar-refractivity contribution in [2.24, 2.45) is 5.73 Å². The summed E-state index contributed by atoms with van der Waals surface area (Å²) in [6.45, 7) is 4.44. The summed E-state index contributed by atoms with van der Waals surface area (Å²) in [7, 11) is 0. The van der Waals surface area contributed by atoms with Crippen molar-refractivity contribution in [1.82, 2.24) is 4.90 Å². The standard InChI is InChI=1S/C19H26N2/c1-2-3-13-21(16-11-12-16)14-19(20)18-10-6-8-15-7-4-5-9-17(15)18/h4-10,16,19H,2-3,11-14,20H2,1H3. The molecule has 112 valence electrons. The van der Waals surface area contributed by atoms with Crippen molar-refractivity contribution in [3.8, 4) is 0 Å². The minimum absolute atomic E-state index is 0.105. The van der Waals surface area contributed by atoms with Gasteiger partial charge in [-0.2, -0.15) is 0 Å². The van der Waals surface area contributed by atoms with Crippen LogP contribution in [0.1, 0.15) is 44.2 Å². The lowest BCUT2D eigenvalue weighted by molar-refractivity contribution is 0.244. The number of hydrogen-bond acceptors (Lipinski definition) is 2. The second kappa shape index (κ2) is 6.59. The second-order valence-corrected chi connectivity index (χ2v) is 6.25. The zero-order valence-corrected chi connectivity index (χ0v) is 13.0. The molecule has 2 nitrogen and oxygen atoms in total. The molecule has 1 saturated carbocycles. The van der Waals surface area contributed by atoms with Crippen LogP contribution in [0.2, 0.25) is 0 Å². The molecule has 0 aliphatic heterocycles. The number of nitrogens with two attached hydrogens (primary N) is 1. The highest BCUT2D eigenvalue weighted by Gasteiger charge is 2.29. The van der Waals surface area contributed by atoms with Crippen molar-refractivity contribution < 1.29 is 0 Å². The Bertz CT molecular complexity index is 584. The highest BCUT2D eigenvalue weighted by atomic mass is 15.2. The highest BCUT2D eigenvalue weighted by molar-refractivity contribution is 5.86. The van der Waals surface area contributed by atoms with Crippen LogP contribution in [0.25, 0.3) is 10.8 Å². The van der Waals surface area contributed by atoms with E-state index in [1.807, 2.05) is 0 Å². The smallest absolute Gasteiger partial charge is 0.0430 e. The number of unbranched alkanes of at least 4 members (excludes halogenated alkanes) is 1. The van der Waals surface area contributed by atoms with Gasteiger partial charge in [0.25, 0.3) is 0 Å². The van der Waals surface area contributed by atoms with Crippen molar-refractivity contribution in [3.63, 3.8) is 0 Å². The number of hydrogen-bond donors (Lipinski definition) is 1. The van der Waals surface area contributed by atoms with E-state index < -0.39 is 0 Å². The van der Waals surface area contributed by atoms with Gasteiger partial charge in [0.05, 0.1) is 0 Å². The fraction of sp³-hybridized carbons (Fsp3) is 0.474. The molecule has 0 amide bonds. The van der Waals surface area contributed by atoms with Crippen LogP contribution in [-0.4, -0.2) is 24.0 Å². The first-order valence-corrected chi connectivity index (χ1v) is 8.27. The zero-order chi connectivity index (χ0) is 14.7. The molecule has 1 fully saturated rings. The first kappa shape index (κ1) is 14.6. The van der Waals surface area contributed by atoms with Gasteiger partial charge in [-0.3, -0.25) is 4.90 Å². The summed E-state index contributed by atoms with van der Waals surface area (Å²) in [5, 5.41) is 2.59. The van der Waals surface area contributed by atoms with Gasteiger partial charge in [-0.15, -0.1) is 0 Å². The Morgan fingerprint density at radius 1 is 1.14 bits per heavy atom. The van der Waals surface area contributed by atoms with E-state index in [1.165, 1.54) is 48.6 Å². The predicted molar refractivity (Wildman–Crippen MR) is 90.4 cm³/mol. The largest absolute Gasteiger partial charge is 0.323 e. The SMILES string of the molecule is CCCCN(CC(N)c1cccc2ccccc12)C1CC1. The molecule has 2 heteroatoms. The molecule has 3 rings (SSSR count). The van der Waals surface area contributed by atoms with E-state index in [0.29, 0.717) is 0 Å². The number of rotatable bonds is 7. The Kier molecular flexibility index (Phi) is 4.57. The summed E-state index contributed by atoms with van der Waals surface area (Å²) in [6.07, 6.45) is 5.24. The molecular formula is C19H26N2. The van der Waals surface area contributed by atoms with E-state index in [0.717, 1.165) is 12.6 Å². The Labute approximate surface area is 127 Å². The molecule has 21 heavy (non-hydrogen) atoms. The summed E-state index contributed by atoms with van der Waals surface area (Å²) in [5.41, 5.74) is 7.84. The van der Waals surface area contributed by atoms with E-state index in [1.54, 1.807) is 0 Å². The van der Waals surface area contributed by atoms with Gasteiger partial charge in [-0.1, -0.05) is 55.8 Å². The van der Waals surface area contributed by atoms with Crippen LogP contribution < -0.4 is 5.73 Å². The first-order chi connectivity index (χ1) is 10.3. The van der Waals surface area contributed by atoms with Gasteiger partial charge in [-0.05, 0) is 42.1 Å². The minimum Gasteiger partial charge on any atom is -0.323 e. The summed E-state index contributed by atoms with van der Waals surface area (Å²) in [5.74, 6) is 0. The third kappa shape index (κ3) is 3.45. The van der Waals surface area contributed by atoms with E-state index in [2.05, 4.69) is 54.3 Å². The van der Waals surface area contributed by atoms with Crippen LogP contribution >= 0.6 is 0 Å². The Balaban J connectivity index is 1.78. The lowest BCUT2D eigenvalue weighted by Gasteiger charge is -2.26. The fourth-order valence-corrected chi connectivity index (χ4v) is 3.15. The summed E-state index contributed by atoms with van der Waals surface area (Å²) in [4.78, 5) is 2.61. The molecule has 0 radical (unpaired) electrons. The van der Waals surface area contributed by atoms with E-state index in [-0.39, 0.29) is 6.04 Å². The van der Waals surface area contributed by atoms with Gasteiger partial charge >= 0.3 is 0 Å². The van der Waals surface area contributed by atoms with Crippen molar-refractivity contribution in [2.45, 2.75) is 44.7 Å². The van der Waals surface area contributed by atoms with Gasteiger partial charge < -0.3 is 5.73 Å². The zero-order valence-electron chi connectivity index (χ0n) is 13.0. The summed E-state index contributed by atoms with van der Waals surface area (Å²) < 4.78 is 0. The third-order valence-electron chi connectivity index (χ3n) is 4.52. The van der Waals surface area contributed by atoms with Gasteiger partial charge in [0.1, 0.15) is 0 Å². The lowest BCUT2D eigenvalue weighted by atomic mass is 9.99. The number of fused-ring (bicyclic) bond motifs is 1. The quantitative estimate of drug-likeness (QED) is 0.828. The van der Waals surface area contributed by atoms with Crippen LogP contribution in [0.4, 0.5) is 0 Å². The second-order valence-electron chi connectivity index (χ2n) is 6.25. The molecule has 1 aliphatic rings. The average molecular weight is 282 g/mol. The average Bonchev–Trinajstić information content (AvgIpc) is 3.35. The molecule has 0 spiro atoms. The molecule has 2 aromatic rings. The van der Waals surface area contributed by atoms with Crippen LogP contribution in [-0.2, 0) is 0 Å². The normalized spacial score (nSPS) is 16.5. The summed E-state index contributed by atoms with van der Waals surface area (Å²) >= 11 is 0. The fourth-order valence-electron chi connectivity index (χ4n) is 3.15. The van der Waals surface area contributed by atoms with Gasteiger partial charge in [0, 0.05) is 18.6 Å². The number of nitrogens with zero attached hydrogens (tertiary/aromatic N) is 1. The highest BCUT2D eigenvalue weighted by Crippen LogP contribution is 2.30. The Morgan fingerprint density at radius 2 is 1.90 bits per heavy atom. The molecule has 1 atom stereocenters. The van der Waals surface area contributed by atoms with Crippen LogP contribution in [0.3, 0.4) is 0 Å². The predicted octanol–water partition coefficient (Wildman–Crippen LogP) is 4.10. The molecule has 0 bridgehead atoms. The molecule has 2 N–H and O–H groups in total. The maximum absolute atomic E-state index is 6.56. The van der Waals surface area contributed by atoms with Gasteiger partial charge in [-0.25, -0.2) is 0 Å². The Morgan fingerprint density at radius 3 is 2.67 bits per heavy atom. The van der Waals surface area contributed by atoms with Gasteiger partial charge in [0.15, 0.2) is 0 Å². The minimum atomic E-state index is 0.105. The van der Waals surface area contributed by atoms with Crippen LogP contribution in [0, 0.1) is 0 Å². The lowest BCUT2D eigenvalue weighted by Crippen LogP contribution is -2.34. The van der Waals surface area contributed by atoms with E-state index in [9.17, 15) is 0 Å². The summed E-state index contributed by atoms with van der Waals surface area (Å²) in [6, 6.07) is 15.9. The maximum Gasteiger partial charge on any atom is 0.0430 e. The third-order valence-corrected chi connectivity index (χ3v) is 4.52. The van der Waals surface area contributed by atoms with Crippen molar-refractivity contribution in [2.75, 3.05) is 13.1 Å². The monoisotopic (exact) mass is 282 g/mol. The van der Waals surface area contributed by atoms with Crippen LogP contribution in [0.15, 0.2) is 42.5 Å². The number of benzene rings is 2. The van der Waals surface area contributed by atoms with Crippen LogP contribution in [0.5, 0.6) is 0 Å². The molecule has 1 unspecified atom stereocenters. The van der Waals surface area contributed by atoms with Crippen molar-refractivity contribution in [3.05, 3.63) is 48.0 Å². The molecule has 0 heterocycles. The van der Waals surface area contributed by atoms with E-state index in [4.69, 9.17) is 5.73 Å². The molecule has 0 aromatic heterocycles. The van der Waals surface area contributed by atoms with E-state index >= 15 is 0 Å². The topological polar surface area (TPSA) is 29.3 Å².